The van der Waals surface area contributed by atoms with Gasteiger partial charge in [0.2, 0.25) is 0 Å². The van der Waals surface area contributed by atoms with Crippen molar-refractivity contribution in [2.75, 3.05) is 17.7 Å². The first-order valence-electron chi connectivity index (χ1n) is 3.64. The number of amides is 1. The fourth-order valence-electron chi connectivity index (χ4n) is 0.908. The molecule has 1 aromatic carbocycles. The predicted molar refractivity (Wildman–Crippen MR) is 49.3 cm³/mol. The number of hydrogen-bond donors (Lipinski definition) is 4. The molecule has 0 fully saturated rings. The molecule has 0 unspecified atom stereocenters. The second kappa shape index (κ2) is 3.66. The number of phenolic OH excluding ortho intramolecular Hbond substituents is 1. The van der Waals surface area contributed by atoms with Crippen molar-refractivity contribution in [3.05, 3.63) is 18.2 Å². The van der Waals surface area contributed by atoms with E-state index in [-0.39, 0.29) is 11.4 Å². The average molecular weight is 182 g/mol. The molecule has 0 aliphatic heterocycles. The third-order valence-corrected chi connectivity index (χ3v) is 1.53. The molecule has 13 heavy (non-hydrogen) atoms. The second-order valence-corrected chi connectivity index (χ2v) is 2.41. The van der Waals surface area contributed by atoms with Crippen molar-refractivity contribution in [1.29, 1.82) is 0 Å². The summed E-state index contributed by atoms with van der Waals surface area (Å²) in [5.41, 5.74) is 0.889. The maximum absolute atomic E-state index is 10.2. The SMILES string of the molecule is CNc1ccc(NC(=O)O)c(O)c1. The van der Waals surface area contributed by atoms with E-state index < -0.39 is 6.09 Å². The third-order valence-electron chi connectivity index (χ3n) is 1.53. The number of hydrogen-bond acceptors (Lipinski definition) is 3. The van der Waals surface area contributed by atoms with Gasteiger partial charge in [0.15, 0.2) is 0 Å². The Balaban J connectivity index is 2.91. The molecule has 0 aromatic heterocycles. The van der Waals surface area contributed by atoms with E-state index in [4.69, 9.17) is 5.11 Å². The normalized spacial score (nSPS) is 9.31. The fraction of sp³-hybridized carbons (Fsp3) is 0.125. The van der Waals surface area contributed by atoms with E-state index in [1.54, 1.807) is 13.1 Å². The molecular formula is C8H10N2O3. The number of phenols is 1. The van der Waals surface area contributed by atoms with Gasteiger partial charge in [-0.25, -0.2) is 4.79 Å². The van der Waals surface area contributed by atoms with Crippen LogP contribution >= 0.6 is 0 Å². The van der Waals surface area contributed by atoms with Gasteiger partial charge in [-0.15, -0.1) is 0 Å². The van der Waals surface area contributed by atoms with Gasteiger partial charge >= 0.3 is 6.09 Å². The lowest BCUT2D eigenvalue weighted by atomic mass is 10.2. The Labute approximate surface area is 75.0 Å². The summed E-state index contributed by atoms with van der Waals surface area (Å²) >= 11 is 0. The van der Waals surface area contributed by atoms with E-state index >= 15 is 0 Å². The quantitative estimate of drug-likeness (QED) is 0.523. The molecule has 1 amide bonds. The number of anilines is 2. The number of nitrogens with one attached hydrogen (secondary N) is 2. The molecular weight excluding hydrogens is 172 g/mol. The maximum atomic E-state index is 10.2. The fourth-order valence-corrected chi connectivity index (χ4v) is 0.908. The molecule has 70 valence electrons. The Morgan fingerprint density at radius 1 is 1.46 bits per heavy atom. The van der Waals surface area contributed by atoms with Crippen LogP contribution in [0.4, 0.5) is 16.2 Å². The molecule has 1 rings (SSSR count). The van der Waals surface area contributed by atoms with Gasteiger partial charge in [-0.2, -0.15) is 0 Å². The molecule has 1 aromatic rings. The first-order chi connectivity index (χ1) is 6.13. The molecule has 0 radical (unpaired) electrons. The minimum atomic E-state index is -1.20. The summed E-state index contributed by atoms with van der Waals surface area (Å²) in [6.07, 6.45) is -1.20. The lowest BCUT2D eigenvalue weighted by Gasteiger charge is -2.05. The molecule has 0 aliphatic rings. The largest absolute Gasteiger partial charge is 0.506 e. The molecule has 0 bridgehead atoms. The Kier molecular flexibility index (Phi) is 2.59. The van der Waals surface area contributed by atoms with Crippen LogP contribution in [0.2, 0.25) is 0 Å². The van der Waals surface area contributed by atoms with E-state index in [0.29, 0.717) is 5.69 Å². The molecule has 0 spiro atoms. The van der Waals surface area contributed by atoms with Crippen LogP contribution in [-0.2, 0) is 0 Å². The summed E-state index contributed by atoms with van der Waals surface area (Å²) < 4.78 is 0. The topological polar surface area (TPSA) is 81.6 Å². The zero-order valence-electron chi connectivity index (χ0n) is 7.03. The zero-order valence-corrected chi connectivity index (χ0v) is 7.03. The average Bonchev–Trinajstić information content (AvgIpc) is 2.08. The maximum Gasteiger partial charge on any atom is 0.409 e. The van der Waals surface area contributed by atoms with Crippen LogP contribution in [0.3, 0.4) is 0 Å². The van der Waals surface area contributed by atoms with Gasteiger partial charge in [0.25, 0.3) is 0 Å². The van der Waals surface area contributed by atoms with E-state index in [1.165, 1.54) is 12.1 Å². The molecule has 5 nitrogen and oxygen atoms in total. The van der Waals surface area contributed by atoms with Gasteiger partial charge in [0, 0.05) is 18.8 Å². The summed E-state index contributed by atoms with van der Waals surface area (Å²) in [4.78, 5) is 10.2. The van der Waals surface area contributed by atoms with Gasteiger partial charge in [-0.05, 0) is 12.1 Å². The van der Waals surface area contributed by atoms with Gasteiger partial charge in [0.1, 0.15) is 5.75 Å². The highest BCUT2D eigenvalue weighted by atomic mass is 16.4. The minimum Gasteiger partial charge on any atom is -0.506 e. The van der Waals surface area contributed by atoms with Crippen molar-refractivity contribution in [2.45, 2.75) is 0 Å². The lowest BCUT2D eigenvalue weighted by Crippen LogP contribution is -2.07. The predicted octanol–water partition coefficient (Wildman–Crippen LogP) is 1.52. The Hall–Kier alpha value is -1.91. The highest BCUT2D eigenvalue weighted by molar-refractivity contribution is 5.85. The Bertz CT molecular complexity index is 325. The first kappa shape index (κ1) is 9.18. The van der Waals surface area contributed by atoms with Crippen molar-refractivity contribution in [3.8, 4) is 5.75 Å². The first-order valence-corrected chi connectivity index (χ1v) is 3.64. The van der Waals surface area contributed by atoms with Crippen molar-refractivity contribution in [1.82, 2.24) is 0 Å². The van der Waals surface area contributed by atoms with E-state index in [0.717, 1.165) is 0 Å². The zero-order chi connectivity index (χ0) is 9.84. The van der Waals surface area contributed by atoms with Crippen LogP contribution in [0.5, 0.6) is 5.75 Å². The van der Waals surface area contributed by atoms with Crippen LogP contribution in [0, 0.1) is 0 Å². The smallest absolute Gasteiger partial charge is 0.409 e. The summed E-state index contributed by atoms with van der Waals surface area (Å²) in [6.45, 7) is 0. The van der Waals surface area contributed by atoms with Gasteiger partial charge in [-0.3, -0.25) is 5.32 Å². The lowest BCUT2D eigenvalue weighted by molar-refractivity contribution is 0.209. The van der Waals surface area contributed by atoms with Gasteiger partial charge < -0.3 is 15.5 Å². The van der Waals surface area contributed by atoms with Crippen molar-refractivity contribution >= 4 is 17.5 Å². The van der Waals surface area contributed by atoms with E-state index in [9.17, 15) is 9.90 Å². The Morgan fingerprint density at radius 3 is 2.62 bits per heavy atom. The summed E-state index contributed by atoms with van der Waals surface area (Å²) in [5, 5.41) is 22.6. The molecule has 5 heteroatoms. The summed E-state index contributed by atoms with van der Waals surface area (Å²) in [5.74, 6) is -0.103. The van der Waals surface area contributed by atoms with Crippen LogP contribution in [0.1, 0.15) is 0 Å². The molecule has 0 aliphatic carbocycles. The number of rotatable bonds is 2. The molecule has 0 saturated heterocycles. The number of aromatic hydroxyl groups is 1. The van der Waals surface area contributed by atoms with Crippen molar-refractivity contribution in [3.63, 3.8) is 0 Å². The number of benzene rings is 1. The summed E-state index contributed by atoms with van der Waals surface area (Å²) in [6, 6.07) is 4.57. The third kappa shape index (κ3) is 2.26. The highest BCUT2D eigenvalue weighted by Crippen LogP contribution is 2.26. The van der Waals surface area contributed by atoms with E-state index in [1.807, 2.05) is 0 Å². The number of carboxylic acid groups (broad SMARTS) is 1. The molecule has 0 heterocycles. The van der Waals surface area contributed by atoms with Crippen molar-refractivity contribution in [2.24, 2.45) is 0 Å². The molecule has 0 atom stereocenters. The Morgan fingerprint density at radius 2 is 2.15 bits per heavy atom. The van der Waals surface area contributed by atoms with Crippen LogP contribution < -0.4 is 10.6 Å². The van der Waals surface area contributed by atoms with Crippen LogP contribution in [0.25, 0.3) is 0 Å². The second-order valence-electron chi connectivity index (χ2n) is 2.41. The van der Waals surface area contributed by atoms with Crippen LogP contribution in [0.15, 0.2) is 18.2 Å². The minimum absolute atomic E-state index is 0.103. The molecule has 4 N–H and O–H groups in total. The van der Waals surface area contributed by atoms with Gasteiger partial charge in [-0.1, -0.05) is 0 Å². The van der Waals surface area contributed by atoms with E-state index in [2.05, 4.69) is 10.6 Å². The van der Waals surface area contributed by atoms with Crippen molar-refractivity contribution < 1.29 is 15.0 Å². The summed E-state index contributed by atoms with van der Waals surface area (Å²) in [7, 11) is 1.71. The number of carbonyl (C=O) groups is 1. The highest BCUT2D eigenvalue weighted by Gasteiger charge is 2.03. The monoisotopic (exact) mass is 182 g/mol. The van der Waals surface area contributed by atoms with Crippen LogP contribution in [-0.4, -0.2) is 23.4 Å². The van der Waals surface area contributed by atoms with Gasteiger partial charge in [0.05, 0.1) is 5.69 Å². The molecule has 0 saturated carbocycles. The standard InChI is InChI=1S/C8H10N2O3/c1-9-5-2-3-6(7(11)4-5)10-8(12)13/h2-4,9-11H,1H3,(H,12,13).